The summed E-state index contributed by atoms with van der Waals surface area (Å²) in [5.74, 6) is -3.65. The molecule has 74 valence electrons. The molecule has 0 atom stereocenters. The molecule has 12 heavy (non-hydrogen) atoms. The second-order valence-electron chi connectivity index (χ2n) is 0.610. The van der Waals surface area contributed by atoms with Crippen molar-refractivity contribution in [2.45, 2.75) is 0 Å². The zero-order chi connectivity index (χ0) is 5.15. The Morgan fingerprint density at radius 3 is 1.08 bits per heavy atom. The zero-order valence-electron chi connectivity index (χ0n) is 7.60. The van der Waals surface area contributed by atoms with E-state index in [1.807, 2.05) is 0 Å². The van der Waals surface area contributed by atoms with Gasteiger partial charge in [-0.1, -0.05) is 0 Å². The van der Waals surface area contributed by atoms with Gasteiger partial charge in [-0.25, -0.2) is 9.59 Å². The first kappa shape index (κ1) is 50.9. The third-order valence-corrected chi connectivity index (χ3v) is 0.183. The Bertz CT molecular complexity index is 99.8. The van der Waals surface area contributed by atoms with Crippen LogP contribution in [0.25, 0.3) is 0 Å². The van der Waals surface area contributed by atoms with Gasteiger partial charge in [0.2, 0.25) is 0 Å². The predicted octanol–water partition coefficient (Wildman–Crippen LogP) is -2.66. The van der Waals surface area contributed by atoms with Crippen LogP contribution >= 0.6 is 0 Å². The van der Waals surface area contributed by atoms with Crippen molar-refractivity contribution in [2.24, 2.45) is 0 Å². The Morgan fingerprint density at radius 2 is 1.08 bits per heavy atom. The molecule has 6 N–H and O–H groups in total. The van der Waals surface area contributed by atoms with Gasteiger partial charge in [-0.05, 0) is 0 Å². The van der Waals surface area contributed by atoms with Gasteiger partial charge in [0, 0.05) is 52.7 Å². The van der Waals surface area contributed by atoms with E-state index < -0.39 is 11.9 Å². The second kappa shape index (κ2) is 29.5. The number of aliphatic carboxylic acids is 2. The van der Waals surface area contributed by atoms with Gasteiger partial charge in [0.25, 0.3) is 0 Å². The standard InChI is InChI=1S/C2H2O4.Fe.Mg.Mn.2H2O.V.2H/c3-1(4)2(5)6;;;;;;;;/h(H,3,4)(H,5,6);;;;2*1H2;;;/q;;+2;;;;;2*-1. The molecular formula is C2H8FeMgMnO6V. The van der Waals surface area contributed by atoms with Crippen molar-refractivity contribution >= 4 is 35.0 Å². The fraction of sp³-hybridized carbons (Fsp3) is 0. The maximum absolute atomic E-state index is 9.10. The molecule has 0 aliphatic rings. The Balaban J connectivity index is -0.00000000446. The van der Waals surface area contributed by atoms with E-state index in [1.54, 1.807) is 0 Å². The quantitative estimate of drug-likeness (QED) is 0.372. The van der Waals surface area contributed by atoms with E-state index in [2.05, 4.69) is 0 Å². The van der Waals surface area contributed by atoms with E-state index in [4.69, 9.17) is 19.8 Å². The topological polar surface area (TPSA) is 138 Å². The van der Waals surface area contributed by atoms with Gasteiger partial charge in [0.05, 0.1) is 0 Å². The van der Waals surface area contributed by atoms with Crippen LogP contribution in [0.5, 0.6) is 0 Å². The molecule has 0 unspecified atom stereocenters. The van der Waals surface area contributed by atoms with Crippen molar-refractivity contribution < 1.29 is 86.3 Å². The number of hydrogen-bond acceptors (Lipinski definition) is 2. The van der Waals surface area contributed by atoms with Crippen molar-refractivity contribution in [1.82, 2.24) is 0 Å². The molecule has 0 rings (SSSR count). The molecule has 0 saturated heterocycles. The van der Waals surface area contributed by atoms with Crippen molar-refractivity contribution in [3.63, 3.8) is 0 Å². The van der Waals surface area contributed by atoms with Crippen LogP contribution in [0.4, 0.5) is 0 Å². The average Bonchev–Trinajstić information content (AvgIpc) is 1.36. The monoisotopic (exact) mass is 314 g/mol. The summed E-state index contributed by atoms with van der Waals surface area (Å²) < 4.78 is 0. The molecule has 0 fully saturated rings. The molecule has 2 radical (unpaired) electrons. The van der Waals surface area contributed by atoms with Crippen molar-refractivity contribution in [3.05, 3.63) is 0 Å². The number of rotatable bonds is 0. The van der Waals surface area contributed by atoms with Crippen LogP contribution < -0.4 is 0 Å². The molecule has 0 aromatic rings. The second-order valence-corrected chi connectivity index (χ2v) is 0.610. The van der Waals surface area contributed by atoms with E-state index in [1.165, 1.54) is 0 Å². The molecule has 6 nitrogen and oxygen atoms in total. The summed E-state index contributed by atoms with van der Waals surface area (Å²) in [6.45, 7) is 0. The predicted molar refractivity (Wildman–Crippen MR) is 30.5 cm³/mol. The minimum atomic E-state index is -1.82. The average molecular weight is 314 g/mol. The summed E-state index contributed by atoms with van der Waals surface area (Å²) in [5.41, 5.74) is 0. The summed E-state index contributed by atoms with van der Waals surface area (Å²) >= 11 is 0. The van der Waals surface area contributed by atoms with Gasteiger partial charge in [0.15, 0.2) is 0 Å². The Labute approximate surface area is 120 Å². The first-order chi connectivity index (χ1) is 2.64. The van der Waals surface area contributed by atoms with Crippen molar-refractivity contribution in [2.75, 3.05) is 0 Å². The number of carbonyl (C=O) groups is 2. The Morgan fingerprint density at radius 1 is 1.00 bits per heavy atom. The van der Waals surface area contributed by atoms with Crippen LogP contribution in [0.2, 0.25) is 0 Å². The molecule has 0 aliphatic carbocycles. The van der Waals surface area contributed by atoms with Gasteiger partial charge in [-0.2, -0.15) is 0 Å². The number of carboxylic acid groups (broad SMARTS) is 2. The first-order valence-corrected chi connectivity index (χ1v) is 1.11. The summed E-state index contributed by atoms with van der Waals surface area (Å²) in [6, 6.07) is 0. The van der Waals surface area contributed by atoms with Gasteiger partial charge >= 0.3 is 35.0 Å². The summed E-state index contributed by atoms with van der Waals surface area (Å²) in [5, 5.41) is 14.8. The molecular weight excluding hydrogens is 306 g/mol. The smallest absolute Gasteiger partial charge is 1.00 e. The fourth-order valence-electron chi connectivity index (χ4n) is 0. The van der Waals surface area contributed by atoms with Crippen LogP contribution in [0.3, 0.4) is 0 Å². The maximum atomic E-state index is 9.10. The SMILES string of the molecule is O.O.O=C(O)C(=O)O.[Fe].[H-].[H-].[Mg+2].[Mn].[V]. The molecule has 0 bridgehead atoms. The largest absolute Gasteiger partial charge is 2.00 e. The summed E-state index contributed by atoms with van der Waals surface area (Å²) in [6.07, 6.45) is 0. The van der Waals surface area contributed by atoms with Crippen molar-refractivity contribution in [3.8, 4) is 0 Å². The van der Waals surface area contributed by atoms with Crippen LogP contribution in [-0.4, -0.2) is 56.2 Å². The van der Waals surface area contributed by atoms with E-state index in [9.17, 15) is 0 Å². The molecule has 10 heteroatoms. The molecule has 0 saturated carbocycles. The first-order valence-electron chi connectivity index (χ1n) is 1.11. The van der Waals surface area contributed by atoms with Gasteiger partial charge in [0.1, 0.15) is 0 Å². The van der Waals surface area contributed by atoms with E-state index in [-0.39, 0.29) is 89.6 Å². The summed E-state index contributed by atoms with van der Waals surface area (Å²) in [4.78, 5) is 18.2. The normalized spacial score (nSPS) is 3.67. The zero-order valence-corrected chi connectivity index (χ0v) is 10.7. The minimum Gasteiger partial charge on any atom is -1.00 e. The van der Waals surface area contributed by atoms with Gasteiger partial charge in [-0.3, -0.25) is 0 Å². The van der Waals surface area contributed by atoms with Crippen LogP contribution in [0.15, 0.2) is 0 Å². The number of carboxylic acids is 2. The molecule has 0 spiro atoms. The molecule has 0 aliphatic heterocycles. The maximum Gasteiger partial charge on any atom is 2.00 e. The molecule has 0 amide bonds. The molecule has 0 heterocycles. The van der Waals surface area contributed by atoms with E-state index >= 15 is 0 Å². The minimum absolute atomic E-state index is 0. The van der Waals surface area contributed by atoms with Gasteiger partial charge in [-0.15, -0.1) is 0 Å². The molecule has 0 aromatic carbocycles. The van der Waals surface area contributed by atoms with Crippen LogP contribution in [-0.2, 0) is 62.3 Å². The van der Waals surface area contributed by atoms with Gasteiger partial charge < -0.3 is 24.0 Å². The van der Waals surface area contributed by atoms with Crippen molar-refractivity contribution in [1.29, 1.82) is 0 Å². The third kappa shape index (κ3) is 42.9. The van der Waals surface area contributed by atoms with E-state index in [0.29, 0.717) is 0 Å². The van der Waals surface area contributed by atoms with Crippen LogP contribution in [0, 0.1) is 0 Å². The third-order valence-electron chi connectivity index (χ3n) is 0.183. The fourth-order valence-corrected chi connectivity index (χ4v) is 0. The Kier molecular flexibility index (Phi) is 125. The summed E-state index contributed by atoms with van der Waals surface area (Å²) in [7, 11) is 0. The van der Waals surface area contributed by atoms with Crippen LogP contribution in [0.1, 0.15) is 2.85 Å². The van der Waals surface area contributed by atoms with E-state index in [0.717, 1.165) is 0 Å². The number of hydrogen-bond donors (Lipinski definition) is 2. The Hall–Kier alpha value is 1.25. The molecule has 0 aromatic heterocycles.